The number of pyridine rings is 1. The number of aromatic nitrogens is 1. The number of benzene rings is 1. The fraction of sp³-hybridized carbons (Fsp3) is 0.400. The Bertz CT molecular complexity index is 732. The largest absolute Gasteiger partial charge is 0.496 e. The lowest BCUT2D eigenvalue weighted by Crippen LogP contribution is -2.30. The molecule has 0 saturated carbocycles. The first-order valence-electron chi connectivity index (χ1n) is 8.50. The van der Waals surface area contributed by atoms with E-state index in [0.717, 1.165) is 12.0 Å². The molecule has 0 radical (unpaired) electrons. The number of methoxy groups -OCH3 is 3. The van der Waals surface area contributed by atoms with Crippen LogP contribution in [0.25, 0.3) is 0 Å². The van der Waals surface area contributed by atoms with Gasteiger partial charge in [-0.15, -0.1) is 0 Å². The topological polar surface area (TPSA) is 69.7 Å². The molecule has 1 aromatic heterocycles. The van der Waals surface area contributed by atoms with Gasteiger partial charge in [0.15, 0.2) is 11.5 Å². The van der Waals surface area contributed by atoms with Crippen molar-refractivity contribution in [3.05, 3.63) is 47.8 Å². The van der Waals surface area contributed by atoms with Gasteiger partial charge in [0.05, 0.1) is 32.9 Å². The normalized spacial score (nSPS) is 11.8. The summed E-state index contributed by atoms with van der Waals surface area (Å²) in [5.74, 6) is 1.58. The van der Waals surface area contributed by atoms with Crippen molar-refractivity contribution < 1.29 is 19.0 Å². The number of rotatable bonds is 8. The molecule has 1 N–H and O–H groups in total. The molecule has 0 spiro atoms. The molecule has 6 heteroatoms. The minimum atomic E-state index is -0.239. The summed E-state index contributed by atoms with van der Waals surface area (Å²) in [6, 6.07) is 6.96. The summed E-state index contributed by atoms with van der Waals surface area (Å²) in [7, 11) is 4.59. The lowest BCUT2D eigenvalue weighted by molar-refractivity contribution is 0.0928. The smallest absolute Gasteiger partial charge is 0.255 e. The second-order valence-electron chi connectivity index (χ2n) is 6.35. The van der Waals surface area contributed by atoms with Crippen molar-refractivity contribution in [2.75, 3.05) is 21.3 Å². The van der Waals surface area contributed by atoms with Gasteiger partial charge >= 0.3 is 0 Å². The first-order valence-corrected chi connectivity index (χ1v) is 8.50. The second kappa shape index (κ2) is 9.08. The van der Waals surface area contributed by atoms with Gasteiger partial charge in [0.1, 0.15) is 5.75 Å². The summed E-state index contributed by atoms with van der Waals surface area (Å²) in [6.45, 7) is 4.24. The van der Waals surface area contributed by atoms with Gasteiger partial charge in [-0.25, -0.2) is 0 Å². The quantitative estimate of drug-likeness (QED) is 0.780. The maximum absolute atomic E-state index is 12.9. The van der Waals surface area contributed by atoms with Crippen molar-refractivity contribution in [2.45, 2.75) is 26.3 Å². The Labute approximate surface area is 154 Å². The van der Waals surface area contributed by atoms with Crippen molar-refractivity contribution in [2.24, 2.45) is 5.92 Å². The highest BCUT2D eigenvalue weighted by molar-refractivity contribution is 5.98. The summed E-state index contributed by atoms with van der Waals surface area (Å²) in [6.07, 6.45) is 4.29. The maximum atomic E-state index is 12.9. The van der Waals surface area contributed by atoms with E-state index in [2.05, 4.69) is 24.1 Å². The highest BCUT2D eigenvalue weighted by atomic mass is 16.5. The van der Waals surface area contributed by atoms with E-state index in [1.807, 2.05) is 12.1 Å². The molecule has 1 aromatic carbocycles. The molecular formula is C20H26N2O4. The summed E-state index contributed by atoms with van der Waals surface area (Å²) in [4.78, 5) is 17.1. The van der Waals surface area contributed by atoms with Crippen molar-refractivity contribution in [1.82, 2.24) is 10.3 Å². The van der Waals surface area contributed by atoms with E-state index in [-0.39, 0.29) is 11.9 Å². The third-order valence-corrected chi connectivity index (χ3v) is 4.05. The van der Waals surface area contributed by atoms with Crippen LogP contribution in [-0.4, -0.2) is 32.2 Å². The average Bonchev–Trinajstić information content (AvgIpc) is 2.66. The standard InChI is InChI=1S/C20H26N2O4/c1-13(2)9-16(14-7-6-8-21-12-14)22-20(23)15-10-18(25-4)19(26-5)11-17(15)24-3/h6-8,10-13,16H,9H2,1-5H3,(H,22,23). The fourth-order valence-electron chi connectivity index (χ4n) is 2.77. The Balaban J connectivity index is 2.34. The molecule has 26 heavy (non-hydrogen) atoms. The van der Waals surface area contributed by atoms with Crippen molar-refractivity contribution in [3.8, 4) is 17.2 Å². The zero-order valence-electron chi connectivity index (χ0n) is 15.9. The monoisotopic (exact) mass is 358 g/mol. The fourth-order valence-corrected chi connectivity index (χ4v) is 2.77. The van der Waals surface area contributed by atoms with Gasteiger partial charge in [-0.3, -0.25) is 9.78 Å². The van der Waals surface area contributed by atoms with Crippen LogP contribution in [0.2, 0.25) is 0 Å². The first kappa shape index (κ1) is 19.6. The van der Waals surface area contributed by atoms with Crippen molar-refractivity contribution in [1.29, 1.82) is 0 Å². The van der Waals surface area contributed by atoms with Crippen LogP contribution in [0, 0.1) is 5.92 Å². The van der Waals surface area contributed by atoms with Crippen LogP contribution in [0.4, 0.5) is 0 Å². The zero-order valence-corrected chi connectivity index (χ0v) is 15.9. The van der Waals surface area contributed by atoms with Crippen LogP contribution in [0.1, 0.15) is 42.2 Å². The van der Waals surface area contributed by atoms with Gasteiger partial charge in [0.25, 0.3) is 5.91 Å². The first-order chi connectivity index (χ1) is 12.5. The second-order valence-corrected chi connectivity index (χ2v) is 6.35. The number of hydrogen-bond donors (Lipinski definition) is 1. The van der Waals surface area contributed by atoms with Gasteiger partial charge in [0, 0.05) is 24.5 Å². The summed E-state index contributed by atoms with van der Waals surface area (Å²) in [5, 5.41) is 3.09. The third kappa shape index (κ3) is 4.65. The van der Waals surface area contributed by atoms with Crippen molar-refractivity contribution in [3.63, 3.8) is 0 Å². The number of ether oxygens (including phenoxy) is 3. The molecular weight excluding hydrogens is 332 g/mol. The lowest BCUT2D eigenvalue weighted by atomic mass is 9.97. The minimum Gasteiger partial charge on any atom is -0.496 e. The van der Waals surface area contributed by atoms with Gasteiger partial charge < -0.3 is 19.5 Å². The molecule has 0 saturated heterocycles. The Kier molecular flexibility index (Phi) is 6.83. The van der Waals surface area contributed by atoms with Crippen molar-refractivity contribution >= 4 is 5.91 Å². The molecule has 0 bridgehead atoms. The predicted octanol–water partition coefficient (Wildman–Crippen LogP) is 3.62. The highest BCUT2D eigenvalue weighted by Crippen LogP contribution is 2.35. The number of amides is 1. The van der Waals surface area contributed by atoms with E-state index in [0.29, 0.717) is 28.7 Å². The van der Waals surface area contributed by atoms with E-state index in [1.54, 1.807) is 24.5 Å². The average molecular weight is 358 g/mol. The Morgan fingerprint density at radius 1 is 1.08 bits per heavy atom. The SMILES string of the molecule is COc1cc(OC)c(C(=O)NC(CC(C)C)c2cccnc2)cc1OC. The van der Waals surface area contributed by atoms with Gasteiger partial charge in [-0.2, -0.15) is 0 Å². The molecule has 2 rings (SSSR count). The molecule has 0 aliphatic heterocycles. The zero-order chi connectivity index (χ0) is 19.1. The van der Waals surface area contributed by atoms with E-state index in [4.69, 9.17) is 14.2 Å². The highest BCUT2D eigenvalue weighted by Gasteiger charge is 2.22. The summed E-state index contributed by atoms with van der Waals surface area (Å²) < 4.78 is 15.9. The van der Waals surface area contributed by atoms with Gasteiger partial charge in [0.2, 0.25) is 0 Å². The van der Waals surface area contributed by atoms with Crippen LogP contribution in [0.15, 0.2) is 36.7 Å². The predicted molar refractivity (Wildman–Crippen MR) is 100.0 cm³/mol. The number of nitrogens with zero attached hydrogens (tertiary/aromatic N) is 1. The van der Waals surface area contributed by atoms with Gasteiger partial charge in [-0.05, 0) is 24.0 Å². The van der Waals surface area contributed by atoms with E-state index in [9.17, 15) is 4.79 Å². The maximum Gasteiger partial charge on any atom is 0.255 e. The molecule has 0 aliphatic rings. The number of carbonyl (C=O) groups is 1. The summed E-state index contributed by atoms with van der Waals surface area (Å²) in [5.41, 5.74) is 1.36. The molecule has 0 fully saturated rings. The number of nitrogens with one attached hydrogen (secondary N) is 1. The van der Waals surface area contributed by atoms with Crippen LogP contribution in [0.5, 0.6) is 17.2 Å². The summed E-state index contributed by atoms with van der Waals surface area (Å²) >= 11 is 0. The van der Waals surface area contributed by atoms with Crippen LogP contribution < -0.4 is 19.5 Å². The Morgan fingerprint density at radius 2 is 1.73 bits per heavy atom. The molecule has 1 amide bonds. The van der Waals surface area contributed by atoms with E-state index >= 15 is 0 Å². The van der Waals surface area contributed by atoms with Crippen LogP contribution >= 0.6 is 0 Å². The number of hydrogen-bond acceptors (Lipinski definition) is 5. The van der Waals surface area contributed by atoms with Crippen LogP contribution in [0.3, 0.4) is 0 Å². The molecule has 6 nitrogen and oxygen atoms in total. The Hall–Kier alpha value is -2.76. The molecule has 140 valence electrons. The van der Waals surface area contributed by atoms with E-state index < -0.39 is 0 Å². The molecule has 2 aromatic rings. The van der Waals surface area contributed by atoms with E-state index in [1.165, 1.54) is 21.3 Å². The number of carbonyl (C=O) groups excluding carboxylic acids is 1. The third-order valence-electron chi connectivity index (χ3n) is 4.05. The molecule has 1 heterocycles. The molecule has 1 atom stereocenters. The van der Waals surface area contributed by atoms with Gasteiger partial charge in [-0.1, -0.05) is 19.9 Å². The minimum absolute atomic E-state index is 0.144. The molecule has 1 unspecified atom stereocenters. The lowest BCUT2D eigenvalue weighted by Gasteiger charge is -2.22. The Morgan fingerprint density at radius 3 is 2.27 bits per heavy atom. The molecule has 0 aliphatic carbocycles. The van der Waals surface area contributed by atoms with Crippen LogP contribution in [-0.2, 0) is 0 Å².